The average molecular weight is 236 g/mol. The highest BCUT2D eigenvalue weighted by Crippen LogP contribution is 2.26. The number of phenols is 1. The van der Waals surface area contributed by atoms with Crippen LogP contribution in [0.15, 0.2) is 42.5 Å². The van der Waals surface area contributed by atoms with Crippen LogP contribution in [0.4, 0.5) is 8.78 Å². The van der Waals surface area contributed by atoms with E-state index in [0.717, 1.165) is 11.6 Å². The van der Waals surface area contributed by atoms with Crippen LogP contribution in [-0.2, 0) is 6.61 Å². The van der Waals surface area contributed by atoms with Gasteiger partial charge in [-0.05, 0) is 5.56 Å². The maximum Gasteiger partial charge on any atom is 0.168 e. The number of halogens is 2. The van der Waals surface area contributed by atoms with Gasteiger partial charge < -0.3 is 9.84 Å². The van der Waals surface area contributed by atoms with E-state index in [9.17, 15) is 8.78 Å². The molecule has 0 aliphatic heterocycles. The molecule has 0 aliphatic rings. The van der Waals surface area contributed by atoms with Crippen molar-refractivity contribution in [1.82, 2.24) is 0 Å². The van der Waals surface area contributed by atoms with Crippen LogP contribution in [0, 0.1) is 11.6 Å². The van der Waals surface area contributed by atoms with Gasteiger partial charge in [0.05, 0.1) is 0 Å². The number of ether oxygens (including phenoxy) is 1. The van der Waals surface area contributed by atoms with Gasteiger partial charge in [-0.15, -0.1) is 0 Å². The predicted octanol–water partition coefficient (Wildman–Crippen LogP) is 3.25. The molecule has 0 aromatic heterocycles. The van der Waals surface area contributed by atoms with Crippen LogP contribution in [0.3, 0.4) is 0 Å². The molecule has 0 amide bonds. The fourth-order valence-electron chi connectivity index (χ4n) is 1.36. The van der Waals surface area contributed by atoms with Gasteiger partial charge in [0.1, 0.15) is 6.61 Å². The third-order valence-electron chi connectivity index (χ3n) is 2.24. The largest absolute Gasteiger partial charge is 0.505 e. The first kappa shape index (κ1) is 11.4. The van der Waals surface area contributed by atoms with Gasteiger partial charge in [-0.3, -0.25) is 0 Å². The van der Waals surface area contributed by atoms with Crippen LogP contribution in [0.5, 0.6) is 11.5 Å². The lowest BCUT2D eigenvalue weighted by atomic mass is 10.2. The molecule has 0 atom stereocenters. The summed E-state index contributed by atoms with van der Waals surface area (Å²) in [6.45, 7) is 0.156. The van der Waals surface area contributed by atoms with E-state index >= 15 is 0 Å². The lowest BCUT2D eigenvalue weighted by Crippen LogP contribution is -1.97. The summed E-state index contributed by atoms with van der Waals surface area (Å²) in [7, 11) is 0. The van der Waals surface area contributed by atoms with Crippen LogP contribution in [0.2, 0.25) is 0 Å². The molecule has 0 bridgehead atoms. The number of phenolic OH excluding ortho intramolecular Hbond substituents is 1. The zero-order valence-electron chi connectivity index (χ0n) is 8.86. The smallest absolute Gasteiger partial charge is 0.168 e. The highest BCUT2D eigenvalue weighted by molar-refractivity contribution is 5.35. The van der Waals surface area contributed by atoms with Crippen molar-refractivity contribution in [3.8, 4) is 11.5 Å². The molecule has 0 saturated heterocycles. The summed E-state index contributed by atoms with van der Waals surface area (Å²) in [6, 6.07) is 10.7. The first-order chi connectivity index (χ1) is 8.16. The van der Waals surface area contributed by atoms with Crippen LogP contribution >= 0.6 is 0 Å². The first-order valence-electron chi connectivity index (χ1n) is 5.01. The van der Waals surface area contributed by atoms with Crippen molar-refractivity contribution in [2.24, 2.45) is 0 Å². The van der Waals surface area contributed by atoms with E-state index in [2.05, 4.69) is 0 Å². The van der Waals surface area contributed by atoms with Crippen molar-refractivity contribution in [3.63, 3.8) is 0 Å². The van der Waals surface area contributed by atoms with Crippen molar-refractivity contribution in [3.05, 3.63) is 59.7 Å². The minimum absolute atomic E-state index is 0.156. The molecular formula is C13H10F2O2. The Kier molecular flexibility index (Phi) is 3.23. The molecule has 4 heteroatoms. The number of aromatic hydroxyl groups is 1. The Labute approximate surface area is 97.1 Å². The Bertz CT molecular complexity index is 512. The van der Waals surface area contributed by atoms with Crippen LogP contribution in [0.25, 0.3) is 0 Å². The summed E-state index contributed by atoms with van der Waals surface area (Å²) in [6.07, 6.45) is 0. The fourth-order valence-corrected chi connectivity index (χ4v) is 1.36. The second-order valence-corrected chi connectivity index (χ2v) is 3.51. The van der Waals surface area contributed by atoms with Gasteiger partial charge in [0.15, 0.2) is 23.1 Å². The number of hydrogen-bond acceptors (Lipinski definition) is 2. The molecule has 0 heterocycles. The molecule has 0 radical (unpaired) electrons. The Hall–Kier alpha value is -2.10. The summed E-state index contributed by atoms with van der Waals surface area (Å²) >= 11 is 0. The van der Waals surface area contributed by atoms with Gasteiger partial charge >= 0.3 is 0 Å². The normalized spacial score (nSPS) is 10.2. The Morgan fingerprint density at radius 2 is 1.71 bits per heavy atom. The number of rotatable bonds is 3. The average Bonchev–Trinajstić information content (AvgIpc) is 2.33. The lowest BCUT2D eigenvalue weighted by Gasteiger charge is -2.08. The summed E-state index contributed by atoms with van der Waals surface area (Å²) in [5, 5.41) is 9.10. The van der Waals surface area contributed by atoms with Gasteiger partial charge in [-0.2, -0.15) is 0 Å². The second-order valence-electron chi connectivity index (χ2n) is 3.51. The van der Waals surface area contributed by atoms with Crippen molar-refractivity contribution in [2.75, 3.05) is 0 Å². The summed E-state index contributed by atoms with van der Waals surface area (Å²) in [5.74, 6) is -2.65. The molecule has 2 aromatic carbocycles. The minimum atomic E-state index is -1.01. The van der Waals surface area contributed by atoms with Crippen LogP contribution < -0.4 is 4.74 Å². The van der Waals surface area contributed by atoms with Crippen molar-refractivity contribution >= 4 is 0 Å². The van der Waals surface area contributed by atoms with Gasteiger partial charge in [0.25, 0.3) is 0 Å². The van der Waals surface area contributed by atoms with Gasteiger partial charge in [-0.1, -0.05) is 30.3 Å². The Morgan fingerprint density at radius 3 is 2.41 bits per heavy atom. The van der Waals surface area contributed by atoms with Crippen molar-refractivity contribution < 1.29 is 18.6 Å². The Morgan fingerprint density at radius 1 is 1.00 bits per heavy atom. The summed E-state index contributed by atoms with van der Waals surface area (Å²) in [4.78, 5) is 0. The molecule has 0 fully saturated rings. The highest BCUT2D eigenvalue weighted by Gasteiger charge is 2.10. The molecule has 2 nitrogen and oxygen atoms in total. The monoisotopic (exact) mass is 236 g/mol. The summed E-state index contributed by atoms with van der Waals surface area (Å²) in [5.41, 5.74) is 0.857. The molecule has 17 heavy (non-hydrogen) atoms. The fraction of sp³-hybridized carbons (Fsp3) is 0.0769. The van der Waals surface area contributed by atoms with E-state index in [1.807, 2.05) is 30.3 Å². The third-order valence-corrected chi connectivity index (χ3v) is 2.24. The van der Waals surface area contributed by atoms with Crippen LogP contribution in [-0.4, -0.2) is 5.11 Å². The van der Waals surface area contributed by atoms with Crippen LogP contribution in [0.1, 0.15) is 5.56 Å². The second kappa shape index (κ2) is 4.82. The maximum absolute atomic E-state index is 13.3. The molecule has 0 aliphatic carbocycles. The Balaban J connectivity index is 2.12. The first-order valence-corrected chi connectivity index (χ1v) is 5.01. The topological polar surface area (TPSA) is 29.5 Å². The van der Waals surface area contributed by atoms with Gasteiger partial charge in [0, 0.05) is 12.1 Å². The quantitative estimate of drug-likeness (QED) is 0.886. The van der Waals surface area contributed by atoms with E-state index < -0.39 is 17.4 Å². The van der Waals surface area contributed by atoms with E-state index in [1.54, 1.807) is 0 Å². The van der Waals surface area contributed by atoms with Crippen molar-refractivity contribution in [2.45, 2.75) is 6.61 Å². The molecule has 0 unspecified atom stereocenters. The zero-order valence-corrected chi connectivity index (χ0v) is 8.86. The third kappa shape index (κ3) is 2.72. The SMILES string of the molecule is Oc1cc(OCc2ccccc2)c(F)cc1F. The standard InChI is InChI=1S/C13H10F2O2/c14-10-6-11(15)13(7-12(10)16)17-8-9-4-2-1-3-5-9/h1-7,16H,8H2. The molecule has 2 aromatic rings. The number of hydrogen-bond donors (Lipinski definition) is 1. The number of benzene rings is 2. The molecule has 2 rings (SSSR count). The highest BCUT2D eigenvalue weighted by atomic mass is 19.1. The summed E-state index contributed by atoms with van der Waals surface area (Å²) < 4.78 is 31.2. The minimum Gasteiger partial charge on any atom is -0.505 e. The van der Waals surface area contributed by atoms with Gasteiger partial charge in [-0.25, -0.2) is 8.78 Å². The molecule has 88 valence electrons. The van der Waals surface area contributed by atoms with E-state index in [1.165, 1.54) is 0 Å². The molecule has 0 saturated carbocycles. The van der Waals surface area contributed by atoms with Gasteiger partial charge in [0.2, 0.25) is 0 Å². The maximum atomic E-state index is 13.3. The zero-order chi connectivity index (χ0) is 12.3. The van der Waals surface area contributed by atoms with E-state index in [0.29, 0.717) is 6.07 Å². The molecular weight excluding hydrogens is 226 g/mol. The van der Waals surface area contributed by atoms with E-state index in [4.69, 9.17) is 9.84 Å². The van der Waals surface area contributed by atoms with Crippen molar-refractivity contribution in [1.29, 1.82) is 0 Å². The molecule has 1 N–H and O–H groups in total. The predicted molar refractivity (Wildman–Crippen MR) is 58.8 cm³/mol. The molecule has 0 spiro atoms. The van der Waals surface area contributed by atoms with E-state index in [-0.39, 0.29) is 12.4 Å². The lowest BCUT2D eigenvalue weighted by molar-refractivity contribution is 0.286.